The largest absolute Gasteiger partial charge is 0.355 e. The van der Waals surface area contributed by atoms with Crippen LogP contribution >= 0.6 is 0 Å². The molecule has 0 saturated carbocycles. The first-order valence-corrected chi connectivity index (χ1v) is 7.35. The summed E-state index contributed by atoms with van der Waals surface area (Å²) in [6.07, 6.45) is 11.1. The molecule has 1 rings (SSSR count). The summed E-state index contributed by atoms with van der Waals surface area (Å²) in [7, 11) is 0. The highest BCUT2D eigenvalue weighted by Crippen LogP contribution is 2.07. The Morgan fingerprint density at radius 1 is 1.18 bits per heavy atom. The number of unbranched alkanes of at least 4 members (excludes halogenated alkanes) is 5. The van der Waals surface area contributed by atoms with Crippen molar-refractivity contribution in [3.05, 3.63) is 0 Å². The Kier molecular flexibility index (Phi) is 8.06. The Morgan fingerprint density at radius 3 is 2.65 bits per heavy atom. The monoisotopic (exact) mass is 240 g/mol. The number of hydrogen-bond acceptors (Lipinski definition) is 2. The maximum absolute atomic E-state index is 11.8. The van der Waals surface area contributed by atoms with Crippen molar-refractivity contribution in [3.63, 3.8) is 0 Å². The van der Waals surface area contributed by atoms with E-state index in [4.69, 9.17) is 0 Å². The normalized spacial score (nSPS) is 20.2. The van der Waals surface area contributed by atoms with E-state index in [1.807, 2.05) is 0 Å². The second kappa shape index (κ2) is 9.46. The summed E-state index contributed by atoms with van der Waals surface area (Å²) >= 11 is 0. The lowest BCUT2D eigenvalue weighted by atomic mass is 10.0. The van der Waals surface area contributed by atoms with Crippen LogP contribution in [0.5, 0.6) is 0 Å². The van der Waals surface area contributed by atoms with Crippen molar-refractivity contribution in [1.29, 1.82) is 0 Å². The van der Waals surface area contributed by atoms with Gasteiger partial charge in [-0.05, 0) is 25.8 Å². The van der Waals surface area contributed by atoms with Crippen LogP contribution in [0.1, 0.15) is 64.7 Å². The molecule has 0 bridgehead atoms. The number of rotatable bonds is 8. The zero-order valence-electron chi connectivity index (χ0n) is 11.3. The maximum Gasteiger partial charge on any atom is 0.237 e. The first kappa shape index (κ1) is 14.5. The van der Waals surface area contributed by atoms with Gasteiger partial charge in [0, 0.05) is 6.54 Å². The molecule has 1 atom stereocenters. The first-order valence-electron chi connectivity index (χ1n) is 7.35. The Morgan fingerprint density at radius 2 is 1.94 bits per heavy atom. The minimum absolute atomic E-state index is 0.0730. The Labute approximate surface area is 106 Å². The van der Waals surface area contributed by atoms with Gasteiger partial charge in [0.2, 0.25) is 5.91 Å². The molecule has 0 radical (unpaired) electrons. The van der Waals surface area contributed by atoms with Gasteiger partial charge in [0.1, 0.15) is 0 Å². The molecule has 0 spiro atoms. The van der Waals surface area contributed by atoms with E-state index in [0.717, 1.165) is 25.9 Å². The lowest BCUT2D eigenvalue weighted by Gasteiger charge is -2.22. The number of amides is 1. The molecule has 1 heterocycles. The molecule has 100 valence electrons. The fourth-order valence-electron chi connectivity index (χ4n) is 2.32. The molecule has 17 heavy (non-hydrogen) atoms. The molecule has 1 aliphatic rings. The lowest BCUT2D eigenvalue weighted by molar-refractivity contribution is -0.123. The summed E-state index contributed by atoms with van der Waals surface area (Å²) < 4.78 is 0. The van der Waals surface area contributed by atoms with Gasteiger partial charge in [-0.15, -0.1) is 0 Å². The minimum atomic E-state index is 0.0730. The summed E-state index contributed by atoms with van der Waals surface area (Å²) in [5, 5.41) is 6.32. The van der Waals surface area contributed by atoms with E-state index in [1.54, 1.807) is 0 Å². The predicted octanol–water partition coefficient (Wildman–Crippen LogP) is 2.61. The summed E-state index contributed by atoms with van der Waals surface area (Å²) in [5.74, 6) is 0.207. The summed E-state index contributed by atoms with van der Waals surface area (Å²) in [5.41, 5.74) is 0. The van der Waals surface area contributed by atoms with Gasteiger partial charge in [0.05, 0.1) is 6.04 Å². The molecule has 0 aromatic heterocycles. The minimum Gasteiger partial charge on any atom is -0.355 e. The molecule has 3 nitrogen and oxygen atoms in total. The van der Waals surface area contributed by atoms with Crippen LogP contribution in [0.2, 0.25) is 0 Å². The van der Waals surface area contributed by atoms with Gasteiger partial charge >= 0.3 is 0 Å². The fraction of sp³-hybridized carbons (Fsp3) is 0.929. The Balaban J connectivity index is 1.92. The van der Waals surface area contributed by atoms with E-state index in [9.17, 15) is 4.79 Å². The molecule has 1 saturated heterocycles. The first-order chi connectivity index (χ1) is 8.34. The van der Waals surface area contributed by atoms with Crippen molar-refractivity contribution in [1.82, 2.24) is 10.6 Å². The molecular formula is C14H28N2O. The summed E-state index contributed by atoms with van der Waals surface area (Å²) in [6.45, 7) is 4.08. The molecule has 1 amide bonds. The van der Waals surface area contributed by atoms with Gasteiger partial charge in [-0.3, -0.25) is 4.79 Å². The molecule has 1 fully saturated rings. The topological polar surface area (TPSA) is 41.1 Å². The van der Waals surface area contributed by atoms with Crippen LogP contribution in [0.15, 0.2) is 0 Å². The smallest absolute Gasteiger partial charge is 0.237 e. The van der Waals surface area contributed by atoms with Gasteiger partial charge in [-0.25, -0.2) is 0 Å². The second-order valence-corrected chi connectivity index (χ2v) is 5.06. The van der Waals surface area contributed by atoms with Crippen LogP contribution in [-0.4, -0.2) is 25.0 Å². The molecule has 2 N–H and O–H groups in total. The van der Waals surface area contributed by atoms with Crippen molar-refractivity contribution in [2.24, 2.45) is 0 Å². The van der Waals surface area contributed by atoms with Crippen LogP contribution in [0.4, 0.5) is 0 Å². The van der Waals surface area contributed by atoms with E-state index in [0.29, 0.717) is 0 Å². The second-order valence-electron chi connectivity index (χ2n) is 5.06. The van der Waals surface area contributed by atoms with Crippen LogP contribution in [0, 0.1) is 0 Å². The Bertz CT molecular complexity index is 200. The van der Waals surface area contributed by atoms with Crippen LogP contribution in [0.25, 0.3) is 0 Å². The molecule has 0 aromatic rings. The highest BCUT2D eigenvalue weighted by molar-refractivity contribution is 5.81. The number of carbonyl (C=O) groups is 1. The van der Waals surface area contributed by atoms with Crippen LogP contribution in [-0.2, 0) is 4.79 Å². The lowest BCUT2D eigenvalue weighted by Crippen LogP contribution is -2.46. The zero-order valence-corrected chi connectivity index (χ0v) is 11.3. The fourth-order valence-corrected chi connectivity index (χ4v) is 2.32. The standard InChI is InChI=1S/C14H28N2O/c1-2-3-4-5-6-8-12-16-14(17)13-10-7-9-11-15-13/h13,15H,2-12H2,1H3,(H,16,17)/t13-/m1/s1. The SMILES string of the molecule is CCCCCCCCNC(=O)[C@H]1CCCCN1. The molecular weight excluding hydrogens is 212 g/mol. The Hall–Kier alpha value is -0.570. The highest BCUT2D eigenvalue weighted by Gasteiger charge is 2.19. The van der Waals surface area contributed by atoms with Crippen LogP contribution < -0.4 is 10.6 Å². The number of nitrogens with one attached hydrogen (secondary N) is 2. The van der Waals surface area contributed by atoms with E-state index in [-0.39, 0.29) is 11.9 Å². The molecule has 3 heteroatoms. The van der Waals surface area contributed by atoms with Gasteiger partial charge < -0.3 is 10.6 Å². The quantitative estimate of drug-likeness (QED) is 0.640. The third kappa shape index (κ3) is 6.67. The summed E-state index contributed by atoms with van der Waals surface area (Å²) in [4.78, 5) is 11.8. The van der Waals surface area contributed by atoms with E-state index in [2.05, 4.69) is 17.6 Å². The van der Waals surface area contributed by atoms with E-state index < -0.39 is 0 Å². The average molecular weight is 240 g/mol. The highest BCUT2D eigenvalue weighted by atomic mass is 16.2. The third-order valence-electron chi connectivity index (χ3n) is 3.46. The van der Waals surface area contributed by atoms with Crippen molar-refractivity contribution >= 4 is 5.91 Å². The molecule has 0 aliphatic carbocycles. The zero-order chi connectivity index (χ0) is 12.3. The number of hydrogen-bond donors (Lipinski definition) is 2. The van der Waals surface area contributed by atoms with Gasteiger partial charge in [0.15, 0.2) is 0 Å². The third-order valence-corrected chi connectivity index (χ3v) is 3.46. The van der Waals surface area contributed by atoms with Crippen molar-refractivity contribution in [2.45, 2.75) is 70.8 Å². The van der Waals surface area contributed by atoms with E-state index >= 15 is 0 Å². The number of piperidine rings is 1. The van der Waals surface area contributed by atoms with Gasteiger partial charge in [0.25, 0.3) is 0 Å². The van der Waals surface area contributed by atoms with E-state index in [1.165, 1.54) is 44.9 Å². The van der Waals surface area contributed by atoms with Gasteiger partial charge in [-0.2, -0.15) is 0 Å². The molecule has 0 aromatic carbocycles. The molecule has 1 aliphatic heterocycles. The number of carbonyl (C=O) groups excluding carboxylic acids is 1. The van der Waals surface area contributed by atoms with Crippen LogP contribution in [0.3, 0.4) is 0 Å². The van der Waals surface area contributed by atoms with Crippen molar-refractivity contribution < 1.29 is 4.79 Å². The maximum atomic E-state index is 11.8. The van der Waals surface area contributed by atoms with Crippen molar-refractivity contribution in [3.8, 4) is 0 Å². The van der Waals surface area contributed by atoms with Gasteiger partial charge in [-0.1, -0.05) is 45.4 Å². The average Bonchev–Trinajstić information content (AvgIpc) is 2.38. The predicted molar refractivity (Wildman–Crippen MR) is 72.0 cm³/mol. The van der Waals surface area contributed by atoms with Crippen molar-refractivity contribution in [2.75, 3.05) is 13.1 Å². The summed E-state index contributed by atoms with van der Waals surface area (Å²) in [6, 6.07) is 0.0730. The molecule has 0 unspecified atom stereocenters.